The molecule has 1 atom stereocenters. The second kappa shape index (κ2) is 11.6. The molecule has 2 aromatic heterocycles. The standard InChI is InChI=1S/C33H22F4N2O4S/c1-2-42-31(41)27-28(19-7-4-3-5-8-19)38-32-39(29(27)20-11-13-23(34)14-12-20)30(40)26(44-32)18-24-15-16-25(43-24)21-9-6-10-22(17-21)33(35,36)37/h3-18,29H,2H2,1H3/b26-18+/t29-/m0/s1. The highest BCUT2D eigenvalue weighted by Crippen LogP contribution is 2.36. The average molecular weight is 619 g/mol. The van der Waals surface area contributed by atoms with E-state index in [0.29, 0.717) is 16.8 Å². The monoisotopic (exact) mass is 618 g/mol. The predicted molar refractivity (Wildman–Crippen MR) is 157 cm³/mol. The third-order valence-corrected chi connectivity index (χ3v) is 7.92. The van der Waals surface area contributed by atoms with Crippen LogP contribution in [0.3, 0.4) is 0 Å². The van der Waals surface area contributed by atoms with Crippen molar-refractivity contribution in [3.63, 3.8) is 0 Å². The van der Waals surface area contributed by atoms with Crippen molar-refractivity contribution in [1.82, 2.24) is 4.57 Å². The topological polar surface area (TPSA) is 73.8 Å². The summed E-state index contributed by atoms with van der Waals surface area (Å²) in [4.78, 5) is 32.4. The molecule has 3 aromatic carbocycles. The van der Waals surface area contributed by atoms with E-state index in [0.717, 1.165) is 23.5 Å². The zero-order valence-corrected chi connectivity index (χ0v) is 23.8. The molecule has 5 aromatic rings. The fourth-order valence-electron chi connectivity index (χ4n) is 4.96. The Morgan fingerprint density at radius 2 is 1.73 bits per heavy atom. The Morgan fingerprint density at radius 3 is 2.43 bits per heavy atom. The van der Waals surface area contributed by atoms with Gasteiger partial charge in [-0.3, -0.25) is 9.36 Å². The number of thiazole rings is 1. The third kappa shape index (κ3) is 5.53. The summed E-state index contributed by atoms with van der Waals surface area (Å²) in [5.41, 5.74) is 0.448. The minimum absolute atomic E-state index is 0.0810. The van der Waals surface area contributed by atoms with Crippen molar-refractivity contribution in [2.24, 2.45) is 4.99 Å². The van der Waals surface area contributed by atoms with E-state index in [-0.39, 0.29) is 38.6 Å². The number of aromatic nitrogens is 1. The molecule has 222 valence electrons. The first-order chi connectivity index (χ1) is 21.1. The van der Waals surface area contributed by atoms with Gasteiger partial charge in [0.1, 0.15) is 17.3 Å². The Labute approximate surface area is 251 Å². The highest BCUT2D eigenvalue weighted by molar-refractivity contribution is 7.07. The number of rotatable bonds is 6. The second-order valence-corrected chi connectivity index (χ2v) is 10.8. The van der Waals surface area contributed by atoms with Crippen molar-refractivity contribution in [2.75, 3.05) is 6.61 Å². The molecular formula is C33H22F4N2O4S. The Hall–Kier alpha value is -5.03. The van der Waals surface area contributed by atoms with Gasteiger partial charge in [0.2, 0.25) is 0 Å². The Balaban J connectivity index is 1.52. The first kappa shape index (κ1) is 29.1. The summed E-state index contributed by atoms with van der Waals surface area (Å²) in [6.07, 6.45) is -3.04. The van der Waals surface area contributed by atoms with E-state index in [9.17, 15) is 27.2 Å². The quantitative estimate of drug-likeness (QED) is 0.164. The molecule has 0 amide bonds. The molecule has 0 saturated carbocycles. The molecule has 0 saturated heterocycles. The van der Waals surface area contributed by atoms with Crippen molar-refractivity contribution < 1.29 is 31.5 Å². The number of alkyl halides is 3. The van der Waals surface area contributed by atoms with E-state index in [1.54, 1.807) is 37.3 Å². The van der Waals surface area contributed by atoms with Crippen LogP contribution in [0.15, 0.2) is 111 Å². The third-order valence-electron chi connectivity index (χ3n) is 6.93. The van der Waals surface area contributed by atoms with Gasteiger partial charge in [-0.05, 0) is 48.9 Å². The van der Waals surface area contributed by atoms with Crippen LogP contribution in [-0.2, 0) is 15.7 Å². The molecule has 11 heteroatoms. The van der Waals surface area contributed by atoms with E-state index in [2.05, 4.69) is 0 Å². The van der Waals surface area contributed by atoms with E-state index in [1.165, 1.54) is 53.1 Å². The van der Waals surface area contributed by atoms with Crippen LogP contribution < -0.4 is 14.9 Å². The molecule has 44 heavy (non-hydrogen) atoms. The fraction of sp³-hybridized carbons (Fsp3) is 0.121. The first-order valence-corrected chi connectivity index (χ1v) is 14.3. The molecule has 0 radical (unpaired) electrons. The number of fused-ring (bicyclic) bond motifs is 1. The van der Waals surface area contributed by atoms with E-state index < -0.39 is 35.1 Å². The lowest BCUT2D eigenvalue weighted by Crippen LogP contribution is -2.40. The summed E-state index contributed by atoms with van der Waals surface area (Å²) >= 11 is 1.05. The van der Waals surface area contributed by atoms with Crippen LogP contribution in [-0.4, -0.2) is 17.1 Å². The second-order valence-electron chi connectivity index (χ2n) is 9.76. The van der Waals surface area contributed by atoms with Gasteiger partial charge < -0.3 is 9.15 Å². The first-order valence-electron chi connectivity index (χ1n) is 13.5. The Kier molecular flexibility index (Phi) is 7.64. The lowest BCUT2D eigenvalue weighted by molar-refractivity contribution is -0.139. The maximum absolute atomic E-state index is 13.9. The Bertz CT molecular complexity index is 2070. The lowest BCUT2D eigenvalue weighted by Gasteiger charge is -2.25. The highest BCUT2D eigenvalue weighted by Gasteiger charge is 2.35. The van der Waals surface area contributed by atoms with Crippen molar-refractivity contribution in [2.45, 2.75) is 19.1 Å². The SMILES string of the molecule is CCOC(=O)C1=C(c2ccccc2)N=c2s/c(=C/c3ccc(-c4cccc(C(F)(F)F)c4)o3)c(=O)n2[C@H]1c1ccc(F)cc1. The number of hydrogen-bond acceptors (Lipinski definition) is 6. The molecule has 1 aliphatic rings. The van der Waals surface area contributed by atoms with E-state index in [4.69, 9.17) is 14.1 Å². The normalized spacial score (nSPS) is 15.2. The maximum Gasteiger partial charge on any atom is 0.416 e. The van der Waals surface area contributed by atoms with E-state index in [1.807, 2.05) is 6.07 Å². The number of esters is 1. The smallest absolute Gasteiger partial charge is 0.416 e. The molecule has 0 bridgehead atoms. The average Bonchev–Trinajstić information content (AvgIpc) is 3.61. The zero-order valence-electron chi connectivity index (χ0n) is 23.0. The molecule has 0 fully saturated rings. The Morgan fingerprint density at radius 1 is 1.00 bits per heavy atom. The molecule has 0 N–H and O–H groups in total. The van der Waals surface area contributed by atoms with Crippen LogP contribution in [0.5, 0.6) is 0 Å². The van der Waals surface area contributed by atoms with Crippen molar-refractivity contribution >= 4 is 29.1 Å². The number of halogens is 4. The number of carbonyl (C=O) groups is 1. The zero-order chi connectivity index (χ0) is 31.0. The number of carbonyl (C=O) groups excluding carboxylic acids is 1. The van der Waals surface area contributed by atoms with Crippen LogP contribution in [0.25, 0.3) is 23.1 Å². The lowest BCUT2D eigenvalue weighted by atomic mass is 9.93. The van der Waals surface area contributed by atoms with E-state index >= 15 is 0 Å². The summed E-state index contributed by atoms with van der Waals surface area (Å²) < 4.78 is 66.4. The van der Waals surface area contributed by atoms with Gasteiger partial charge in [0.15, 0.2) is 4.80 Å². The number of benzene rings is 3. The van der Waals surface area contributed by atoms with Crippen LogP contribution in [0.4, 0.5) is 17.6 Å². The molecule has 6 nitrogen and oxygen atoms in total. The molecule has 3 heterocycles. The number of hydrogen-bond donors (Lipinski definition) is 0. The number of nitrogens with zero attached hydrogens (tertiary/aromatic N) is 2. The van der Waals surface area contributed by atoms with Gasteiger partial charge >= 0.3 is 12.1 Å². The van der Waals surface area contributed by atoms with Crippen molar-refractivity contribution in [3.8, 4) is 11.3 Å². The number of ether oxygens (including phenoxy) is 1. The minimum atomic E-state index is -4.51. The summed E-state index contributed by atoms with van der Waals surface area (Å²) in [5, 5.41) is 0. The van der Waals surface area contributed by atoms with Crippen LogP contribution in [0.1, 0.15) is 35.4 Å². The van der Waals surface area contributed by atoms with Crippen LogP contribution in [0.2, 0.25) is 0 Å². The van der Waals surface area contributed by atoms with Gasteiger partial charge in [0.05, 0.1) is 34.0 Å². The van der Waals surface area contributed by atoms with Gasteiger partial charge in [-0.2, -0.15) is 13.2 Å². The summed E-state index contributed by atoms with van der Waals surface area (Å²) in [7, 11) is 0. The van der Waals surface area contributed by atoms with Crippen molar-refractivity contribution in [1.29, 1.82) is 0 Å². The summed E-state index contributed by atoms with van der Waals surface area (Å²) in [6.45, 7) is 1.75. The largest absolute Gasteiger partial charge is 0.463 e. The van der Waals surface area contributed by atoms with Gasteiger partial charge in [-0.25, -0.2) is 14.2 Å². The molecule has 0 unspecified atom stereocenters. The summed E-state index contributed by atoms with van der Waals surface area (Å²) in [5.74, 6) is -0.736. The highest BCUT2D eigenvalue weighted by atomic mass is 32.1. The van der Waals surface area contributed by atoms with Crippen LogP contribution in [0, 0.1) is 5.82 Å². The predicted octanol–water partition coefficient (Wildman–Crippen LogP) is 6.35. The van der Waals surface area contributed by atoms with Gasteiger partial charge in [-0.1, -0.05) is 65.9 Å². The van der Waals surface area contributed by atoms with Crippen LogP contribution >= 0.6 is 11.3 Å². The molecule has 0 spiro atoms. The minimum Gasteiger partial charge on any atom is -0.463 e. The maximum atomic E-state index is 13.9. The van der Waals surface area contributed by atoms with Crippen molar-refractivity contribution in [3.05, 3.63) is 145 Å². The number of furan rings is 1. The fourth-order valence-corrected chi connectivity index (χ4v) is 5.95. The molecule has 1 aliphatic heterocycles. The molecule has 6 rings (SSSR count). The van der Waals surface area contributed by atoms with Gasteiger partial charge in [-0.15, -0.1) is 0 Å². The summed E-state index contributed by atoms with van der Waals surface area (Å²) in [6, 6.07) is 21.3. The molecular weight excluding hydrogens is 596 g/mol. The van der Waals surface area contributed by atoms with Gasteiger partial charge in [0.25, 0.3) is 5.56 Å². The van der Waals surface area contributed by atoms with Gasteiger partial charge in [0, 0.05) is 17.2 Å². The molecule has 0 aliphatic carbocycles.